The van der Waals surface area contributed by atoms with E-state index in [2.05, 4.69) is 38.8 Å². The SMILES string of the molecule is CN1CCN(c2ccc(N)cc2Br)CC1. The monoisotopic (exact) mass is 269 g/mol. The molecule has 4 heteroatoms. The molecule has 3 nitrogen and oxygen atoms in total. The van der Waals surface area contributed by atoms with E-state index in [-0.39, 0.29) is 0 Å². The highest BCUT2D eigenvalue weighted by molar-refractivity contribution is 9.10. The van der Waals surface area contributed by atoms with Gasteiger partial charge in [-0.05, 0) is 41.2 Å². The summed E-state index contributed by atoms with van der Waals surface area (Å²) in [5, 5.41) is 0. The van der Waals surface area contributed by atoms with Crippen molar-refractivity contribution in [2.75, 3.05) is 43.9 Å². The molecular weight excluding hydrogens is 254 g/mol. The van der Waals surface area contributed by atoms with E-state index in [9.17, 15) is 0 Å². The van der Waals surface area contributed by atoms with Gasteiger partial charge < -0.3 is 15.5 Å². The number of hydrogen-bond donors (Lipinski definition) is 1. The molecule has 0 saturated carbocycles. The highest BCUT2D eigenvalue weighted by Gasteiger charge is 2.15. The van der Waals surface area contributed by atoms with E-state index in [1.807, 2.05) is 12.1 Å². The van der Waals surface area contributed by atoms with Crippen LogP contribution in [0.5, 0.6) is 0 Å². The lowest BCUT2D eigenvalue weighted by molar-refractivity contribution is 0.312. The van der Waals surface area contributed by atoms with Gasteiger partial charge >= 0.3 is 0 Å². The number of nitrogens with zero attached hydrogens (tertiary/aromatic N) is 2. The summed E-state index contributed by atoms with van der Waals surface area (Å²) in [7, 11) is 2.16. The van der Waals surface area contributed by atoms with Gasteiger partial charge in [-0.15, -0.1) is 0 Å². The van der Waals surface area contributed by atoms with Crippen molar-refractivity contribution in [3.05, 3.63) is 22.7 Å². The Morgan fingerprint density at radius 3 is 2.47 bits per heavy atom. The average molecular weight is 270 g/mol. The molecular formula is C11H16BrN3. The van der Waals surface area contributed by atoms with Crippen LogP contribution in [0.1, 0.15) is 0 Å². The molecule has 0 spiro atoms. The lowest BCUT2D eigenvalue weighted by Gasteiger charge is -2.34. The Balaban J connectivity index is 2.15. The number of benzene rings is 1. The first-order valence-electron chi connectivity index (χ1n) is 5.15. The van der Waals surface area contributed by atoms with Crippen molar-refractivity contribution in [2.24, 2.45) is 0 Å². The Labute approximate surface area is 99.0 Å². The predicted octanol–water partition coefficient (Wildman–Crippen LogP) is 1.78. The van der Waals surface area contributed by atoms with Gasteiger partial charge in [0.1, 0.15) is 0 Å². The highest BCUT2D eigenvalue weighted by atomic mass is 79.9. The summed E-state index contributed by atoms with van der Waals surface area (Å²) < 4.78 is 1.09. The Morgan fingerprint density at radius 1 is 1.20 bits per heavy atom. The van der Waals surface area contributed by atoms with Crippen molar-refractivity contribution in [1.82, 2.24) is 4.90 Å². The molecule has 2 N–H and O–H groups in total. The Hall–Kier alpha value is -0.740. The second kappa shape index (κ2) is 4.41. The van der Waals surface area contributed by atoms with Crippen LogP contribution in [-0.2, 0) is 0 Å². The van der Waals surface area contributed by atoms with Gasteiger partial charge in [0.25, 0.3) is 0 Å². The zero-order valence-corrected chi connectivity index (χ0v) is 10.5. The van der Waals surface area contributed by atoms with Crippen LogP contribution in [0.2, 0.25) is 0 Å². The van der Waals surface area contributed by atoms with Crippen LogP contribution in [0.25, 0.3) is 0 Å². The molecule has 0 bridgehead atoms. The summed E-state index contributed by atoms with van der Waals surface area (Å²) in [6, 6.07) is 6.01. The van der Waals surface area contributed by atoms with E-state index in [1.54, 1.807) is 0 Å². The van der Waals surface area contributed by atoms with Crippen molar-refractivity contribution >= 4 is 27.3 Å². The van der Waals surface area contributed by atoms with E-state index in [4.69, 9.17) is 5.73 Å². The fourth-order valence-electron chi connectivity index (χ4n) is 1.83. The topological polar surface area (TPSA) is 32.5 Å². The zero-order valence-electron chi connectivity index (χ0n) is 8.91. The maximum absolute atomic E-state index is 5.72. The van der Waals surface area contributed by atoms with Gasteiger partial charge in [-0.3, -0.25) is 0 Å². The molecule has 2 rings (SSSR count). The second-order valence-electron chi connectivity index (χ2n) is 4.00. The van der Waals surface area contributed by atoms with Gasteiger partial charge in [0.2, 0.25) is 0 Å². The zero-order chi connectivity index (χ0) is 10.8. The molecule has 0 aromatic heterocycles. The molecule has 1 aliphatic rings. The maximum atomic E-state index is 5.72. The number of nitrogen functional groups attached to an aromatic ring is 1. The third-order valence-corrected chi connectivity index (χ3v) is 3.45. The van der Waals surface area contributed by atoms with Crippen molar-refractivity contribution < 1.29 is 0 Å². The van der Waals surface area contributed by atoms with E-state index >= 15 is 0 Å². The number of piperazine rings is 1. The standard InChI is InChI=1S/C11H16BrN3/c1-14-4-6-15(7-5-14)11-3-2-9(13)8-10(11)12/h2-3,8H,4-7,13H2,1H3. The first-order valence-corrected chi connectivity index (χ1v) is 5.94. The van der Waals surface area contributed by atoms with Crippen LogP contribution in [-0.4, -0.2) is 38.1 Å². The summed E-state index contributed by atoms with van der Waals surface area (Å²) in [5.74, 6) is 0. The van der Waals surface area contributed by atoms with Gasteiger partial charge in [0.15, 0.2) is 0 Å². The largest absolute Gasteiger partial charge is 0.399 e. The number of likely N-dealkylation sites (N-methyl/N-ethyl adjacent to an activating group) is 1. The third-order valence-electron chi connectivity index (χ3n) is 2.82. The molecule has 0 radical (unpaired) electrons. The van der Waals surface area contributed by atoms with E-state index in [0.717, 1.165) is 36.3 Å². The maximum Gasteiger partial charge on any atom is 0.0513 e. The second-order valence-corrected chi connectivity index (χ2v) is 4.86. The minimum absolute atomic E-state index is 0.805. The first kappa shape index (κ1) is 10.8. The number of hydrogen-bond acceptors (Lipinski definition) is 3. The number of anilines is 2. The molecule has 1 fully saturated rings. The lowest BCUT2D eigenvalue weighted by Crippen LogP contribution is -2.44. The normalized spacial score (nSPS) is 18.1. The van der Waals surface area contributed by atoms with Gasteiger partial charge in [-0.2, -0.15) is 0 Å². The molecule has 15 heavy (non-hydrogen) atoms. The molecule has 1 heterocycles. The van der Waals surface area contributed by atoms with Gasteiger partial charge in [0.05, 0.1) is 5.69 Å². The smallest absolute Gasteiger partial charge is 0.0513 e. The van der Waals surface area contributed by atoms with Gasteiger partial charge in [-0.25, -0.2) is 0 Å². The molecule has 1 aromatic rings. The first-order chi connectivity index (χ1) is 7.16. The minimum atomic E-state index is 0.805. The molecule has 1 saturated heterocycles. The highest BCUT2D eigenvalue weighted by Crippen LogP contribution is 2.28. The number of nitrogens with two attached hydrogens (primary N) is 1. The lowest BCUT2D eigenvalue weighted by atomic mass is 10.2. The van der Waals surface area contributed by atoms with Gasteiger partial charge in [0, 0.05) is 36.3 Å². The van der Waals surface area contributed by atoms with Crippen LogP contribution < -0.4 is 10.6 Å². The summed E-state index contributed by atoms with van der Waals surface area (Å²) >= 11 is 3.56. The minimum Gasteiger partial charge on any atom is -0.399 e. The van der Waals surface area contributed by atoms with Crippen LogP contribution >= 0.6 is 15.9 Å². The van der Waals surface area contributed by atoms with Crippen molar-refractivity contribution in [3.63, 3.8) is 0 Å². The Kier molecular flexibility index (Phi) is 3.17. The third kappa shape index (κ3) is 2.44. The number of halogens is 1. The van der Waals surface area contributed by atoms with Crippen molar-refractivity contribution in [3.8, 4) is 0 Å². The number of rotatable bonds is 1. The van der Waals surface area contributed by atoms with Gasteiger partial charge in [-0.1, -0.05) is 0 Å². The van der Waals surface area contributed by atoms with Crippen molar-refractivity contribution in [2.45, 2.75) is 0 Å². The van der Waals surface area contributed by atoms with Crippen LogP contribution in [0, 0.1) is 0 Å². The Bertz CT molecular complexity index is 346. The average Bonchev–Trinajstić information content (AvgIpc) is 2.20. The quantitative estimate of drug-likeness (QED) is 0.790. The summed E-state index contributed by atoms with van der Waals surface area (Å²) in [6.07, 6.45) is 0. The molecule has 0 amide bonds. The molecule has 82 valence electrons. The Morgan fingerprint density at radius 2 is 1.87 bits per heavy atom. The van der Waals surface area contributed by atoms with Crippen molar-refractivity contribution in [1.29, 1.82) is 0 Å². The molecule has 0 atom stereocenters. The summed E-state index contributed by atoms with van der Waals surface area (Å²) in [5.41, 5.74) is 7.78. The van der Waals surface area contributed by atoms with E-state index in [1.165, 1.54) is 5.69 Å². The van der Waals surface area contributed by atoms with Crippen LogP contribution in [0.15, 0.2) is 22.7 Å². The summed E-state index contributed by atoms with van der Waals surface area (Å²) in [4.78, 5) is 4.74. The molecule has 1 aromatic carbocycles. The fraction of sp³-hybridized carbons (Fsp3) is 0.455. The van der Waals surface area contributed by atoms with E-state index < -0.39 is 0 Å². The predicted molar refractivity (Wildman–Crippen MR) is 68.3 cm³/mol. The van der Waals surface area contributed by atoms with Crippen LogP contribution in [0.3, 0.4) is 0 Å². The molecule has 0 unspecified atom stereocenters. The molecule has 0 aliphatic carbocycles. The summed E-state index contributed by atoms with van der Waals surface area (Å²) in [6.45, 7) is 4.41. The van der Waals surface area contributed by atoms with E-state index in [0.29, 0.717) is 0 Å². The fourth-order valence-corrected chi connectivity index (χ4v) is 2.47. The molecule has 1 aliphatic heterocycles. The van der Waals surface area contributed by atoms with Crippen LogP contribution in [0.4, 0.5) is 11.4 Å².